The number of amides is 5. The van der Waals surface area contributed by atoms with Crippen LogP contribution in [0.25, 0.3) is 10.2 Å². The number of hydrogen-bond acceptors (Lipinski definition) is 7. The molecule has 3 heterocycles. The van der Waals surface area contributed by atoms with Crippen molar-refractivity contribution in [3.05, 3.63) is 53.4 Å². The SMILES string of the molecule is CN(Cc1nc2ccccc2s1)C(=O)CN1C(=O)C(=O)N(Cc2ccco2)C1=O. The van der Waals surface area contributed by atoms with Crippen LogP contribution in [0.4, 0.5) is 4.79 Å². The van der Waals surface area contributed by atoms with Crippen LogP contribution in [0.15, 0.2) is 47.1 Å². The minimum absolute atomic E-state index is 0.164. The third-order valence-electron chi connectivity index (χ3n) is 4.46. The zero-order chi connectivity index (χ0) is 20.5. The molecule has 0 unspecified atom stereocenters. The van der Waals surface area contributed by atoms with Crippen LogP contribution < -0.4 is 0 Å². The van der Waals surface area contributed by atoms with Gasteiger partial charge < -0.3 is 9.32 Å². The Balaban J connectivity index is 1.42. The molecule has 4 rings (SSSR count). The van der Waals surface area contributed by atoms with Crippen molar-refractivity contribution in [2.24, 2.45) is 0 Å². The van der Waals surface area contributed by atoms with E-state index in [0.717, 1.165) is 20.1 Å². The third kappa shape index (κ3) is 3.61. The van der Waals surface area contributed by atoms with Gasteiger partial charge in [-0.1, -0.05) is 12.1 Å². The quantitative estimate of drug-likeness (QED) is 0.452. The van der Waals surface area contributed by atoms with Crippen molar-refractivity contribution in [3.63, 3.8) is 0 Å². The van der Waals surface area contributed by atoms with Crippen LogP contribution in [-0.4, -0.2) is 57.0 Å². The number of aromatic nitrogens is 1. The van der Waals surface area contributed by atoms with Gasteiger partial charge in [-0.05, 0) is 24.3 Å². The van der Waals surface area contributed by atoms with E-state index < -0.39 is 30.3 Å². The summed E-state index contributed by atoms with van der Waals surface area (Å²) in [5.74, 6) is -2.12. The number of urea groups is 1. The zero-order valence-electron chi connectivity index (χ0n) is 15.4. The van der Waals surface area contributed by atoms with Crippen molar-refractivity contribution < 1.29 is 23.6 Å². The summed E-state index contributed by atoms with van der Waals surface area (Å²) in [5.41, 5.74) is 0.845. The molecule has 9 nitrogen and oxygen atoms in total. The molecule has 148 valence electrons. The van der Waals surface area contributed by atoms with Gasteiger partial charge in [0.05, 0.1) is 29.6 Å². The van der Waals surface area contributed by atoms with Gasteiger partial charge >= 0.3 is 17.8 Å². The predicted octanol–water partition coefficient (Wildman–Crippen LogP) is 1.84. The van der Waals surface area contributed by atoms with Crippen LogP contribution in [0.1, 0.15) is 10.8 Å². The van der Waals surface area contributed by atoms with E-state index in [1.165, 1.54) is 22.5 Å². The van der Waals surface area contributed by atoms with E-state index in [1.807, 2.05) is 24.3 Å². The zero-order valence-corrected chi connectivity index (χ0v) is 16.2. The number of benzene rings is 1. The third-order valence-corrected chi connectivity index (χ3v) is 5.48. The number of likely N-dealkylation sites (N-methyl/N-ethyl adjacent to an activating group) is 1. The number of thiazole rings is 1. The van der Waals surface area contributed by atoms with E-state index in [-0.39, 0.29) is 13.1 Å². The molecule has 3 aromatic rings. The van der Waals surface area contributed by atoms with Gasteiger partial charge in [0.25, 0.3) is 0 Å². The monoisotopic (exact) mass is 412 g/mol. The Morgan fingerprint density at radius 3 is 2.59 bits per heavy atom. The van der Waals surface area contributed by atoms with Crippen LogP contribution >= 0.6 is 11.3 Å². The molecular weight excluding hydrogens is 396 g/mol. The molecular formula is C19H16N4O5S. The number of fused-ring (bicyclic) bond motifs is 1. The highest BCUT2D eigenvalue weighted by Gasteiger charge is 2.45. The van der Waals surface area contributed by atoms with E-state index in [0.29, 0.717) is 10.7 Å². The van der Waals surface area contributed by atoms with E-state index in [1.54, 1.807) is 19.2 Å². The van der Waals surface area contributed by atoms with E-state index in [4.69, 9.17) is 4.42 Å². The lowest BCUT2D eigenvalue weighted by molar-refractivity contribution is -0.145. The van der Waals surface area contributed by atoms with Gasteiger partial charge in [0.2, 0.25) is 5.91 Å². The molecule has 10 heteroatoms. The summed E-state index contributed by atoms with van der Waals surface area (Å²) in [6, 6.07) is 9.99. The van der Waals surface area contributed by atoms with E-state index >= 15 is 0 Å². The van der Waals surface area contributed by atoms with Crippen molar-refractivity contribution >= 4 is 45.3 Å². The number of hydrogen-bond donors (Lipinski definition) is 0. The molecule has 1 aliphatic rings. The minimum atomic E-state index is -1.02. The number of rotatable bonds is 6. The van der Waals surface area contributed by atoms with Gasteiger partial charge in [0.15, 0.2) is 0 Å². The molecule has 0 saturated carbocycles. The Hall–Kier alpha value is -3.53. The number of carbonyl (C=O) groups excluding carboxylic acids is 4. The van der Waals surface area contributed by atoms with Crippen LogP contribution in [0.2, 0.25) is 0 Å². The molecule has 0 bridgehead atoms. The molecule has 0 aliphatic carbocycles. The lowest BCUT2D eigenvalue weighted by Crippen LogP contribution is -2.41. The van der Waals surface area contributed by atoms with Crippen molar-refractivity contribution in [2.45, 2.75) is 13.1 Å². The highest BCUT2D eigenvalue weighted by molar-refractivity contribution is 7.18. The standard InChI is InChI=1S/C19H16N4O5S/c1-21(10-15-20-13-6-2-3-7-14(13)29-15)16(24)11-23-18(26)17(25)22(19(23)27)9-12-5-4-8-28-12/h2-8H,9-11H2,1H3. The summed E-state index contributed by atoms with van der Waals surface area (Å²) in [6.45, 7) is -0.444. The first-order valence-electron chi connectivity index (χ1n) is 8.72. The Labute approximate surface area is 169 Å². The Morgan fingerprint density at radius 1 is 1.10 bits per heavy atom. The number of furan rings is 1. The summed E-state index contributed by atoms with van der Waals surface area (Å²) < 4.78 is 6.12. The number of para-hydroxylation sites is 1. The molecule has 1 aromatic carbocycles. The summed E-state index contributed by atoms with van der Waals surface area (Å²) in [4.78, 5) is 56.6. The Kier molecular flexibility index (Phi) is 4.85. The smallest absolute Gasteiger partial charge is 0.335 e. The Bertz CT molecular complexity index is 1070. The molecule has 29 heavy (non-hydrogen) atoms. The molecule has 0 spiro atoms. The maximum atomic E-state index is 12.5. The minimum Gasteiger partial charge on any atom is -0.467 e. The van der Waals surface area contributed by atoms with Gasteiger partial charge in [-0.2, -0.15) is 0 Å². The molecule has 0 N–H and O–H groups in total. The molecule has 2 aromatic heterocycles. The van der Waals surface area contributed by atoms with Crippen LogP contribution in [-0.2, 0) is 27.5 Å². The van der Waals surface area contributed by atoms with Crippen molar-refractivity contribution in [3.8, 4) is 0 Å². The van der Waals surface area contributed by atoms with Crippen molar-refractivity contribution in [1.82, 2.24) is 19.7 Å². The van der Waals surface area contributed by atoms with E-state index in [9.17, 15) is 19.2 Å². The largest absolute Gasteiger partial charge is 0.467 e. The number of carbonyl (C=O) groups is 4. The highest BCUT2D eigenvalue weighted by Crippen LogP contribution is 2.22. The van der Waals surface area contributed by atoms with Gasteiger partial charge in [0, 0.05) is 7.05 Å². The fraction of sp³-hybridized carbons (Fsp3) is 0.211. The molecule has 1 saturated heterocycles. The summed E-state index contributed by atoms with van der Waals surface area (Å²) >= 11 is 1.46. The second kappa shape index (κ2) is 7.47. The van der Waals surface area contributed by atoms with Gasteiger partial charge in [-0.15, -0.1) is 11.3 Å². The van der Waals surface area contributed by atoms with Gasteiger partial charge in [0.1, 0.15) is 17.3 Å². The average molecular weight is 412 g/mol. The van der Waals surface area contributed by atoms with Gasteiger partial charge in [-0.3, -0.25) is 14.4 Å². The molecule has 1 fully saturated rings. The molecule has 0 atom stereocenters. The topological polar surface area (TPSA) is 104 Å². The summed E-state index contributed by atoms with van der Waals surface area (Å²) in [6.07, 6.45) is 1.40. The van der Waals surface area contributed by atoms with E-state index in [2.05, 4.69) is 4.98 Å². The normalized spacial score (nSPS) is 14.3. The molecule has 1 aliphatic heterocycles. The Morgan fingerprint density at radius 2 is 1.86 bits per heavy atom. The number of nitrogens with zero attached hydrogens (tertiary/aromatic N) is 4. The second-order valence-electron chi connectivity index (χ2n) is 6.47. The van der Waals surface area contributed by atoms with Crippen LogP contribution in [0, 0.1) is 0 Å². The van der Waals surface area contributed by atoms with Crippen LogP contribution in [0.5, 0.6) is 0 Å². The fourth-order valence-corrected chi connectivity index (χ4v) is 3.94. The molecule has 0 radical (unpaired) electrons. The lowest BCUT2D eigenvalue weighted by atomic mass is 10.3. The first-order chi connectivity index (χ1) is 13.9. The first kappa shape index (κ1) is 18.8. The van der Waals surface area contributed by atoms with Crippen molar-refractivity contribution in [1.29, 1.82) is 0 Å². The number of imide groups is 2. The summed E-state index contributed by atoms with van der Waals surface area (Å²) in [7, 11) is 1.56. The fourth-order valence-electron chi connectivity index (χ4n) is 2.92. The maximum Gasteiger partial charge on any atom is 0.335 e. The van der Waals surface area contributed by atoms with Crippen molar-refractivity contribution in [2.75, 3.05) is 13.6 Å². The first-order valence-corrected chi connectivity index (χ1v) is 9.54. The van der Waals surface area contributed by atoms with Crippen LogP contribution in [0.3, 0.4) is 0 Å². The second-order valence-corrected chi connectivity index (χ2v) is 7.58. The highest BCUT2D eigenvalue weighted by atomic mass is 32.1. The molecule has 5 amide bonds. The lowest BCUT2D eigenvalue weighted by Gasteiger charge is -2.19. The van der Waals surface area contributed by atoms with Gasteiger partial charge in [-0.25, -0.2) is 19.6 Å². The predicted molar refractivity (Wildman–Crippen MR) is 102 cm³/mol. The summed E-state index contributed by atoms with van der Waals surface area (Å²) in [5, 5.41) is 0.733. The maximum absolute atomic E-state index is 12.5. The average Bonchev–Trinajstić information content (AvgIpc) is 3.40.